The van der Waals surface area contributed by atoms with E-state index in [2.05, 4.69) is 17.2 Å². The average molecular weight is 350 g/mol. The molecule has 1 aromatic rings. The zero-order valence-corrected chi connectivity index (χ0v) is 14.4. The highest BCUT2D eigenvalue weighted by atomic mass is 32.1. The maximum atomic E-state index is 12.7. The second-order valence-corrected chi connectivity index (χ2v) is 8.46. The average Bonchev–Trinajstić information content (AvgIpc) is 2.88. The Kier molecular flexibility index (Phi) is 3.76. The Morgan fingerprint density at radius 3 is 3.08 bits per heavy atom. The summed E-state index contributed by atoms with van der Waals surface area (Å²) in [5.41, 5.74) is 2.65. The van der Waals surface area contributed by atoms with Gasteiger partial charge in [-0.3, -0.25) is 15.3 Å². The van der Waals surface area contributed by atoms with E-state index >= 15 is 0 Å². The molecule has 1 aliphatic heterocycles. The molecule has 2 saturated carbocycles. The third-order valence-electron chi connectivity index (χ3n) is 5.75. The molecule has 7 nitrogen and oxygen atoms in total. The SMILES string of the molecule is CC1CN(C(=O)Nc2nc(CC(=O)NO)cs2)C2CC3CC3(C1)C2. The lowest BCUT2D eigenvalue weighted by molar-refractivity contribution is -0.128. The van der Waals surface area contributed by atoms with Crippen LogP contribution >= 0.6 is 11.3 Å². The zero-order chi connectivity index (χ0) is 16.9. The van der Waals surface area contributed by atoms with Crippen molar-refractivity contribution in [2.75, 3.05) is 11.9 Å². The van der Waals surface area contributed by atoms with Crippen LogP contribution in [0.25, 0.3) is 0 Å². The maximum Gasteiger partial charge on any atom is 0.323 e. The molecule has 4 rings (SSSR count). The van der Waals surface area contributed by atoms with Crippen LogP contribution in [0.3, 0.4) is 0 Å². The topological polar surface area (TPSA) is 94.6 Å². The molecule has 3 aliphatic rings. The Balaban J connectivity index is 1.41. The summed E-state index contributed by atoms with van der Waals surface area (Å²) in [4.78, 5) is 30.1. The van der Waals surface area contributed by atoms with E-state index in [4.69, 9.17) is 5.21 Å². The molecule has 3 amide bonds. The minimum atomic E-state index is -0.519. The third-order valence-corrected chi connectivity index (χ3v) is 6.56. The first kappa shape index (κ1) is 15.8. The van der Waals surface area contributed by atoms with Gasteiger partial charge in [0.1, 0.15) is 0 Å². The van der Waals surface area contributed by atoms with Crippen molar-refractivity contribution >= 4 is 28.4 Å². The molecular weight excluding hydrogens is 328 g/mol. The molecule has 1 saturated heterocycles. The molecule has 130 valence electrons. The number of nitrogens with zero attached hydrogens (tertiary/aromatic N) is 2. The highest BCUT2D eigenvalue weighted by molar-refractivity contribution is 7.13. The minimum Gasteiger partial charge on any atom is -0.321 e. The number of thiazole rings is 1. The number of carbonyl (C=O) groups excluding carboxylic acids is 2. The van der Waals surface area contributed by atoms with Gasteiger partial charge in [-0.25, -0.2) is 15.3 Å². The van der Waals surface area contributed by atoms with E-state index in [-0.39, 0.29) is 12.5 Å². The van der Waals surface area contributed by atoms with Gasteiger partial charge in [0.05, 0.1) is 12.1 Å². The molecule has 4 unspecified atom stereocenters. The molecule has 8 heteroatoms. The quantitative estimate of drug-likeness (QED) is 0.575. The molecule has 2 bridgehead atoms. The smallest absolute Gasteiger partial charge is 0.321 e. The van der Waals surface area contributed by atoms with E-state index in [1.54, 1.807) is 10.9 Å². The largest absolute Gasteiger partial charge is 0.323 e. The van der Waals surface area contributed by atoms with Crippen molar-refractivity contribution in [3.63, 3.8) is 0 Å². The Morgan fingerprint density at radius 1 is 1.46 bits per heavy atom. The summed E-state index contributed by atoms with van der Waals surface area (Å²) >= 11 is 1.30. The van der Waals surface area contributed by atoms with Crippen molar-refractivity contribution in [1.82, 2.24) is 15.4 Å². The summed E-state index contributed by atoms with van der Waals surface area (Å²) in [6.45, 7) is 3.04. The number of urea groups is 1. The van der Waals surface area contributed by atoms with E-state index in [0.29, 0.717) is 28.2 Å². The van der Waals surface area contributed by atoms with E-state index in [9.17, 15) is 9.59 Å². The second kappa shape index (κ2) is 5.70. The van der Waals surface area contributed by atoms with Gasteiger partial charge in [0.25, 0.3) is 0 Å². The number of anilines is 1. The molecular formula is C16H22N4O3S. The van der Waals surface area contributed by atoms with E-state index in [0.717, 1.165) is 25.3 Å². The molecule has 0 radical (unpaired) electrons. The first-order valence-electron chi connectivity index (χ1n) is 8.44. The highest BCUT2D eigenvalue weighted by Crippen LogP contribution is 2.68. The predicted octanol–water partition coefficient (Wildman–Crippen LogP) is 2.23. The molecule has 0 aromatic carbocycles. The fraction of sp³-hybridized carbons (Fsp3) is 0.688. The van der Waals surface area contributed by atoms with Crippen LogP contribution in [-0.2, 0) is 11.2 Å². The Bertz CT molecular complexity index is 678. The van der Waals surface area contributed by atoms with E-state index < -0.39 is 5.91 Å². The molecule has 3 N–H and O–H groups in total. The minimum absolute atomic E-state index is 0.00353. The lowest BCUT2D eigenvalue weighted by atomic mass is 9.92. The van der Waals surface area contributed by atoms with Gasteiger partial charge < -0.3 is 4.90 Å². The highest BCUT2D eigenvalue weighted by Gasteiger charge is 2.62. The van der Waals surface area contributed by atoms with Crippen LogP contribution in [0.1, 0.15) is 38.3 Å². The van der Waals surface area contributed by atoms with Crippen LogP contribution in [0, 0.1) is 17.3 Å². The van der Waals surface area contributed by atoms with E-state index in [1.165, 1.54) is 24.2 Å². The van der Waals surface area contributed by atoms with Crippen LogP contribution in [0.15, 0.2) is 5.38 Å². The van der Waals surface area contributed by atoms with Gasteiger partial charge >= 0.3 is 6.03 Å². The standard InChI is InChI=1S/C16H22N4O3S/c1-9-4-16-5-10(16)2-12(6-16)20(7-9)15(22)18-14-17-11(8-24-14)3-13(21)19-23/h8-10,12,23H,2-7H2,1H3,(H,19,21)(H,17,18,22). The molecule has 24 heavy (non-hydrogen) atoms. The Labute approximate surface area is 144 Å². The monoisotopic (exact) mass is 350 g/mol. The van der Waals surface area contributed by atoms with Crippen LogP contribution < -0.4 is 10.8 Å². The number of amides is 3. The molecule has 1 aromatic heterocycles. The van der Waals surface area contributed by atoms with Crippen molar-refractivity contribution in [3.05, 3.63) is 11.1 Å². The fourth-order valence-corrected chi connectivity index (χ4v) is 5.47. The van der Waals surface area contributed by atoms with Crippen molar-refractivity contribution in [1.29, 1.82) is 0 Å². The Hall–Kier alpha value is -1.67. The lowest BCUT2D eigenvalue weighted by Gasteiger charge is -2.30. The number of hydrogen-bond donors (Lipinski definition) is 3. The van der Waals surface area contributed by atoms with Crippen LogP contribution in [-0.4, -0.2) is 39.6 Å². The van der Waals surface area contributed by atoms with Gasteiger partial charge in [-0.2, -0.15) is 0 Å². The summed E-state index contributed by atoms with van der Waals surface area (Å²) in [6.07, 6.45) is 4.88. The number of rotatable bonds is 3. The van der Waals surface area contributed by atoms with Gasteiger partial charge in [0.15, 0.2) is 5.13 Å². The number of likely N-dealkylation sites (tertiary alicyclic amines) is 1. The summed E-state index contributed by atoms with van der Waals surface area (Å²) in [5, 5.41) is 13.7. The molecule has 2 aliphatic carbocycles. The predicted molar refractivity (Wildman–Crippen MR) is 88.8 cm³/mol. The number of fused-ring (bicyclic) bond motifs is 1. The molecule has 1 spiro atoms. The molecule has 2 heterocycles. The lowest BCUT2D eigenvalue weighted by Crippen LogP contribution is -2.43. The Morgan fingerprint density at radius 2 is 2.29 bits per heavy atom. The van der Waals surface area contributed by atoms with Gasteiger partial charge in [0, 0.05) is 18.0 Å². The number of nitrogens with one attached hydrogen (secondary N) is 2. The van der Waals surface area contributed by atoms with Crippen molar-refractivity contribution < 1.29 is 14.8 Å². The van der Waals surface area contributed by atoms with Crippen molar-refractivity contribution in [2.45, 2.75) is 45.1 Å². The normalized spacial score (nSPS) is 33.6. The van der Waals surface area contributed by atoms with Crippen molar-refractivity contribution in [3.8, 4) is 0 Å². The van der Waals surface area contributed by atoms with Crippen molar-refractivity contribution in [2.24, 2.45) is 17.3 Å². The fourth-order valence-electron chi connectivity index (χ4n) is 4.77. The van der Waals surface area contributed by atoms with Gasteiger partial charge in [-0.15, -0.1) is 11.3 Å². The number of hydroxylamine groups is 1. The summed E-state index contributed by atoms with van der Waals surface area (Å²) in [5.74, 6) is 0.838. The first-order valence-corrected chi connectivity index (χ1v) is 9.32. The second-order valence-electron chi connectivity index (χ2n) is 7.60. The molecule has 3 fully saturated rings. The molecule has 4 atom stereocenters. The van der Waals surface area contributed by atoms with Crippen LogP contribution in [0.4, 0.5) is 9.93 Å². The summed E-state index contributed by atoms with van der Waals surface area (Å²) < 4.78 is 0. The van der Waals surface area contributed by atoms with E-state index in [1.807, 2.05) is 4.90 Å². The number of carbonyl (C=O) groups is 2. The van der Waals surface area contributed by atoms with Gasteiger partial charge in [0.2, 0.25) is 5.91 Å². The van der Waals surface area contributed by atoms with Gasteiger partial charge in [-0.1, -0.05) is 6.92 Å². The number of hydrogen-bond acceptors (Lipinski definition) is 5. The van der Waals surface area contributed by atoms with Gasteiger partial charge in [-0.05, 0) is 42.9 Å². The zero-order valence-electron chi connectivity index (χ0n) is 13.6. The first-order chi connectivity index (χ1) is 11.5. The number of aromatic nitrogens is 1. The maximum absolute atomic E-state index is 12.7. The van der Waals surface area contributed by atoms with Crippen LogP contribution in [0.5, 0.6) is 0 Å². The third kappa shape index (κ3) is 2.77. The van der Waals surface area contributed by atoms with Crippen LogP contribution in [0.2, 0.25) is 0 Å². The summed E-state index contributed by atoms with van der Waals surface area (Å²) in [6, 6.07) is 0.269. The summed E-state index contributed by atoms with van der Waals surface area (Å²) in [7, 11) is 0.